The Kier molecular flexibility index (Phi) is 4.06. The minimum absolute atomic E-state index is 0.0215. The van der Waals surface area contributed by atoms with Crippen LogP contribution in [0.1, 0.15) is 26.2 Å². The fourth-order valence-corrected chi connectivity index (χ4v) is 2.41. The summed E-state index contributed by atoms with van der Waals surface area (Å²) in [7, 11) is 0. The molecule has 3 N–H and O–H groups in total. The molecule has 1 rings (SSSR count). The van der Waals surface area contributed by atoms with Crippen LogP contribution in [0.2, 0.25) is 0 Å². The molecular weight excluding hydrogens is 184 g/mol. The number of carbonyl (C=O) groups is 1. The number of nitrogens with two attached hydrogens (primary N) is 1. The Morgan fingerprint density at radius 1 is 1.62 bits per heavy atom. The van der Waals surface area contributed by atoms with E-state index in [1.807, 2.05) is 11.8 Å². The number of hydrogen-bond donors (Lipinski definition) is 2. The predicted octanol–water partition coefficient (Wildman–Crippen LogP) is 0.734. The highest BCUT2D eigenvalue weighted by Crippen LogP contribution is 2.27. The molecule has 0 heterocycles. The monoisotopic (exact) mass is 202 g/mol. The molecule has 1 saturated carbocycles. The van der Waals surface area contributed by atoms with Gasteiger partial charge in [0.25, 0.3) is 0 Å². The van der Waals surface area contributed by atoms with Crippen LogP contribution in [-0.4, -0.2) is 29.5 Å². The highest BCUT2D eigenvalue weighted by atomic mass is 32.2. The first-order chi connectivity index (χ1) is 6.13. The van der Waals surface area contributed by atoms with E-state index in [-0.39, 0.29) is 11.9 Å². The molecular formula is C9H18N2OS. The molecule has 0 bridgehead atoms. The summed E-state index contributed by atoms with van der Waals surface area (Å²) < 4.78 is 0. The fourth-order valence-electron chi connectivity index (χ4n) is 1.62. The van der Waals surface area contributed by atoms with Crippen LogP contribution in [0.5, 0.6) is 0 Å². The molecule has 0 aromatic carbocycles. The number of hydrogen-bond acceptors (Lipinski definition) is 3. The largest absolute Gasteiger partial charge is 0.352 e. The molecule has 13 heavy (non-hydrogen) atoms. The number of amides is 1. The summed E-state index contributed by atoms with van der Waals surface area (Å²) in [6, 6.07) is -0.0238. The average Bonchev–Trinajstić information content (AvgIpc) is 2.52. The van der Waals surface area contributed by atoms with Crippen molar-refractivity contribution in [3.63, 3.8) is 0 Å². The summed E-state index contributed by atoms with van der Waals surface area (Å²) in [5, 5.41) is 3.69. The molecule has 3 atom stereocenters. The minimum atomic E-state index is -0.381. The number of thioether (sulfide) groups is 1. The van der Waals surface area contributed by atoms with Crippen LogP contribution in [0.25, 0.3) is 0 Å². The van der Waals surface area contributed by atoms with Gasteiger partial charge in [-0.3, -0.25) is 4.79 Å². The minimum Gasteiger partial charge on any atom is -0.352 e. The third kappa shape index (κ3) is 3.19. The Hall–Kier alpha value is -0.220. The number of nitrogens with one attached hydrogen (secondary N) is 1. The van der Waals surface area contributed by atoms with Gasteiger partial charge in [-0.15, -0.1) is 0 Å². The maximum Gasteiger partial charge on any atom is 0.236 e. The SMILES string of the molecule is CSC1CCC(NC(=O)[C@H](C)N)C1. The lowest BCUT2D eigenvalue weighted by Gasteiger charge is -2.14. The first-order valence-corrected chi connectivity index (χ1v) is 6.01. The van der Waals surface area contributed by atoms with E-state index >= 15 is 0 Å². The van der Waals surface area contributed by atoms with E-state index < -0.39 is 0 Å². The smallest absolute Gasteiger partial charge is 0.236 e. The van der Waals surface area contributed by atoms with Crippen molar-refractivity contribution in [2.45, 2.75) is 43.5 Å². The molecule has 0 radical (unpaired) electrons. The van der Waals surface area contributed by atoms with Crippen LogP contribution in [-0.2, 0) is 4.79 Å². The van der Waals surface area contributed by atoms with Crippen LogP contribution in [0.3, 0.4) is 0 Å². The fraction of sp³-hybridized carbons (Fsp3) is 0.889. The number of rotatable bonds is 3. The molecule has 0 aromatic rings. The molecule has 0 aliphatic heterocycles. The lowest BCUT2D eigenvalue weighted by atomic mass is 10.2. The Morgan fingerprint density at radius 3 is 2.77 bits per heavy atom. The van der Waals surface area contributed by atoms with Gasteiger partial charge < -0.3 is 11.1 Å². The highest BCUT2D eigenvalue weighted by Gasteiger charge is 2.25. The van der Waals surface area contributed by atoms with Gasteiger partial charge in [-0.1, -0.05) is 0 Å². The maximum absolute atomic E-state index is 11.3. The van der Waals surface area contributed by atoms with Gasteiger partial charge in [0.1, 0.15) is 0 Å². The van der Waals surface area contributed by atoms with Crippen LogP contribution < -0.4 is 11.1 Å². The quantitative estimate of drug-likeness (QED) is 0.709. The summed E-state index contributed by atoms with van der Waals surface area (Å²) in [4.78, 5) is 11.3. The Labute approximate surface area is 83.8 Å². The topological polar surface area (TPSA) is 55.1 Å². The number of carbonyl (C=O) groups excluding carboxylic acids is 1. The summed E-state index contributed by atoms with van der Waals surface area (Å²) in [5.74, 6) is -0.0215. The predicted molar refractivity (Wildman–Crippen MR) is 56.7 cm³/mol. The van der Waals surface area contributed by atoms with Gasteiger partial charge in [-0.25, -0.2) is 0 Å². The highest BCUT2D eigenvalue weighted by molar-refractivity contribution is 7.99. The third-order valence-electron chi connectivity index (χ3n) is 2.48. The van der Waals surface area contributed by atoms with E-state index in [2.05, 4.69) is 11.6 Å². The van der Waals surface area contributed by atoms with Gasteiger partial charge in [-0.2, -0.15) is 11.8 Å². The van der Waals surface area contributed by atoms with Gasteiger partial charge in [-0.05, 0) is 32.4 Å². The van der Waals surface area contributed by atoms with Crippen molar-refractivity contribution in [2.75, 3.05) is 6.26 Å². The van der Waals surface area contributed by atoms with Crippen LogP contribution in [0, 0.1) is 0 Å². The van der Waals surface area contributed by atoms with Crippen molar-refractivity contribution in [1.29, 1.82) is 0 Å². The summed E-state index contributed by atoms with van der Waals surface area (Å²) in [5.41, 5.74) is 5.46. The first kappa shape index (κ1) is 10.9. The van der Waals surface area contributed by atoms with Gasteiger partial charge in [0.15, 0.2) is 0 Å². The van der Waals surface area contributed by atoms with Crippen LogP contribution >= 0.6 is 11.8 Å². The lowest BCUT2D eigenvalue weighted by Crippen LogP contribution is -2.43. The molecule has 1 fully saturated rings. The third-order valence-corrected chi connectivity index (χ3v) is 3.57. The molecule has 4 heteroatoms. The molecule has 0 saturated heterocycles. The van der Waals surface area contributed by atoms with E-state index in [1.54, 1.807) is 6.92 Å². The molecule has 0 spiro atoms. The van der Waals surface area contributed by atoms with Crippen molar-refractivity contribution in [3.8, 4) is 0 Å². The zero-order chi connectivity index (χ0) is 9.84. The molecule has 1 aliphatic rings. The molecule has 1 amide bonds. The van der Waals surface area contributed by atoms with E-state index in [0.717, 1.165) is 18.1 Å². The van der Waals surface area contributed by atoms with Gasteiger partial charge in [0.2, 0.25) is 5.91 Å². The van der Waals surface area contributed by atoms with Crippen LogP contribution in [0.15, 0.2) is 0 Å². The van der Waals surface area contributed by atoms with Crippen molar-refractivity contribution in [2.24, 2.45) is 5.73 Å². The van der Waals surface area contributed by atoms with E-state index in [9.17, 15) is 4.79 Å². The van der Waals surface area contributed by atoms with Crippen molar-refractivity contribution >= 4 is 17.7 Å². The van der Waals surface area contributed by atoms with E-state index in [4.69, 9.17) is 5.73 Å². The van der Waals surface area contributed by atoms with Crippen molar-refractivity contribution in [3.05, 3.63) is 0 Å². The van der Waals surface area contributed by atoms with Crippen molar-refractivity contribution < 1.29 is 4.79 Å². The molecule has 3 nitrogen and oxygen atoms in total. The van der Waals surface area contributed by atoms with Gasteiger partial charge >= 0.3 is 0 Å². The average molecular weight is 202 g/mol. The summed E-state index contributed by atoms with van der Waals surface area (Å²) in [6.45, 7) is 1.72. The Morgan fingerprint density at radius 2 is 2.31 bits per heavy atom. The lowest BCUT2D eigenvalue weighted by molar-refractivity contribution is -0.122. The molecule has 0 aromatic heterocycles. The second-order valence-electron chi connectivity index (χ2n) is 3.66. The standard InChI is InChI=1S/C9H18N2OS/c1-6(10)9(12)11-7-3-4-8(5-7)13-2/h6-8H,3-5,10H2,1-2H3,(H,11,12)/t6-,7?,8?/m0/s1. The molecule has 1 aliphatic carbocycles. The van der Waals surface area contributed by atoms with Gasteiger partial charge in [0, 0.05) is 11.3 Å². The van der Waals surface area contributed by atoms with Gasteiger partial charge in [0.05, 0.1) is 6.04 Å². The summed E-state index contributed by atoms with van der Waals surface area (Å²) >= 11 is 1.89. The van der Waals surface area contributed by atoms with E-state index in [0.29, 0.717) is 6.04 Å². The first-order valence-electron chi connectivity index (χ1n) is 4.72. The summed E-state index contributed by atoms with van der Waals surface area (Å²) in [6.07, 6.45) is 5.54. The van der Waals surface area contributed by atoms with Crippen LogP contribution in [0.4, 0.5) is 0 Å². The van der Waals surface area contributed by atoms with Crippen molar-refractivity contribution in [1.82, 2.24) is 5.32 Å². The second kappa shape index (κ2) is 4.86. The normalized spacial score (nSPS) is 30.1. The molecule has 76 valence electrons. The second-order valence-corrected chi connectivity index (χ2v) is 4.80. The Balaban J connectivity index is 2.28. The van der Waals surface area contributed by atoms with E-state index in [1.165, 1.54) is 6.42 Å². The Bertz CT molecular complexity index is 184. The maximum atomic E-state index is 11.3. The zero-order valence-electron chi connectivity index (χ0n) is 8.25. The zero-order valence-corrected chi connectivity index (χ0v) is 9.06. The molecule has 2 unspecified atom stereocenters.